The molecule has 32 heavy (non-hydrogen) atoms. The second-order valence-electron chi connectivity index (χ2n) is 7.27. The Morgan fingerprint density at radius 2 is 0.875 bits per heavy atom. The van der Waals surface area contributed by atoms with Gasteiger partial charge in [0.2, 0.25) is 0 Å². The van der Waals surface area contributed by atoms with Gasteiger partial charge in [-0.2, -0.15) is 0 Å². The molecule has 0 radical (unpaired) electrons. The summed E-state index contributed by atoms with van der Waals surface area (Å²) in [4.78, 5) is 18.3. The zero-order chi connectivity index (χ0) is 21.8. The van der Waals surface area contributed by atoms with Crippen LogP contribution in [0.5, 0.6) is 5.75 Å². The first kappa shape index (κ1) is 19.6. The summed E-state index contributed by atoms with van der Waals surface area (Å²) >= 11 is 0. The summed E-state index contributed by atoms with van der Waals surface area (Å²) in [5.74, 6) is 1.93. The maximum Gasteiger partial charge on any atom is 0.159 e. The van der Waals surface area contributed by atoms with Crippen LogP contribution in [0.15, 0.2) is 104 Å². The molecule has 2 heterocycles. The molecule has 3 aromatic carbocycles. The Bertz CT molecular complexity index is 1220. The van der Waals surface area contributed by atoms with Crippen LogP contribution in [0.1, 0.15) is 0 Å². The van der Waals surface area contributed by atoms with Gasteiger partial charge in [-0.25, -0.2) is 19.9 Å². The van der Waals surface area contributed by atoms with Crippen molar-refractivity contribution in [1.29, 1.82) is 0 Å². The molecular formula is C27H20N4O. The summed E-state index contributed by atoms with van der Waals surface area (Å²) in [7, 11) is 1.64. The Morgan fingerprint density at radius 1 is 0.469 bits per heavy atom. The highest BCUT2D eigenvalue weighted by molar-refractivity contribution is 5.71. The predicted octanol–water partition coefficient (Wildman–Crippen LogP) is 5.94. The van der Waals surface area contributed by atoms with Crippen LogP contribution in [0, 0.1) is 0 Å². The van der Waals surface area contributed by atoms with Gasteiger partial charge in [-0.05, 0) is 29.3 Å². The second kappa shape index (κ2) is 8.78. The lowest BCUT2D eigenvalue weighted by atomic mass is 10.1. The molecule has 0 spiro atoms. The van der Waals surface area contributed by atoms with Crippen molar-refractivity contribution < 1.29 is 4.74 Å². The SMILES string of the molecule is COc1cc(-c2ncc(-c3ccccc3)cn2)cc(-c2ncc(-c3ccccc3)cn2)c1. The van der Waals surface area contributed by atoms with Crippen molar-refractivity contribution in [3.8, 4) is 50.8 Å². The van der Waals surface area contributed by atoms with Gasteiger partial charge in [-0.15, -0.1) is 0 Å². The minimum Gasteiger partial charge on any atom is -0.497 e. The summed E-state index contributed by atoms with van der Waals surface area (Å²) in [6.07, 6.45) is 7.34. The van der Waals surface area contributed by atoms with E-state index in [1.807, 2.05) is 104 Å². The van der Waals surface area contributed by atoms with E-state index >= 15 is 0 Å². The average molecular weight is 416 g/mol. The molecule has 5 aromatic rings. The number of benzene rings is 3. The van der Waals surface area contributed by atoms with E-state index < -0.39 is 0 Å². The standard InChI is InChI=1S/C27H20N4O/c1-32-25-13-21(26-28-15-23(16-29-26)19-8-4-2-5-9-19)12-22(14-25)27-30-17-24(18-31-27)20-10-6-3-7-11-20/h2-18H,1H3. The molecule has 5 heteroatoms. The Balaban J connectivity index is 1.48. The van der Waals surface area contributed by atoms with E-state index in [4.69, 9.17) is 4.74 Å². The van der Waals surface area contributed by atoms with Crippen LogP contribution in [0.2, 0.25) is 0 Å². The first-order valence-electron chi connectivity index (χ1n) is 10.2. The minimum absolute atomic E-state index is 0.616. The third-order valence-electron chi connectivity index (χ3n) is 5.18. The van der Waals surface area contributed by atoms with Crippen molar-refractivity contribution in [2.45, 2.75) is 0 Å². The molecule has 0 atom stereocenters. The first-order chi connectivity index (χ1) is 15.8. The fourth-order valence-corrected chi connectivity index (χ4v) is 3.49. The number of hydrogen-bond acceptors (Lipinski definition) is 5. The molecule has 0 aliphatic carbocycles. The van der Waals surface area contributed by atoms with Crippen LogP contribution in [-0.2, 0) is 0 Å². The monoisotopic (exact) mass is 416 g/mol. The predicted molar refractivity (Wildman–Crippen MR) is 126 cm³/mol. The summed E-state index contributed by atoms with van der Waals surface area (Å²) in [5, 5.41) is 0. The fraction of sp³-hybridized carbons (Fsp3) is 0.0370. The highest BCUT2D eigenvalue weighted by atomic mass is 16.5. The van der Waals surface area contributed by atoms with E-state index in [1.165, 1.54) is 0 Å². The lowest BCUT2D eigenvalue weighted by molar-refractivity contribution is 0.415. The van der Waals surface area contributed by atoms with Crippen molar-refractivity contribution in [3.05, 3.63) is 104 Å². The molecule has 5 nitrogen and oxygen atoms in total. The van der Waals surface area contributed by atoms with E-state index in [2.05, 4.69) is 19.9 Å². The molecule has 0 N–H and O–H groups in total. The largest absolute Gasteiger partial charge is 0.497 e. The van der Waals surface area contributed by atoms with Crippen LogP contribution in [0.4, 0.5) is 0 Å². The van der Waals surface area contributed by atoms with Crippen molar-refractivity contribution in [1.82, 2.24) is 19.9 Å². The number of ether oxygens (including phenoxy) is 1. The van der Waals surface area contributed by atoms with Crippen LogP contribution < -0.4 is 4.74 Å². The summed E-state index contributed by atoms with van der Waals surface area (Å²) in [5.41, 5.74) is 5.79. The van der Waals surface area contributed by atoms with Crippen molar-refractivity contribution >= 4 is 0 Å². The zero-order valence-electron chi connectivity index (χ0n) is 17.5. The second-order valence-corrected chi connectivity index (χ2v) is 7.27. The Hall–Kier alpha value is -4.38. The topological polar surface area (TPSA) is 60.8 Å². The van der Waals surface area contributed by atoms with Gasteiger partial charge in [0.25, 0.3) is 0 Å². The Morgan fingerprint density at radius 3 is 1.25 bits per heavy atom. The summed E-state index contributed by atoms with van der Waals surface area (Å²) < 4.78 is 5.51. The normalized spacial score (nSPS) is 10.7. The molecule has 0 bridgehead atoms. The van der Waals surface area contributed by atoms with Gasteiger partial charge in [0.05, 0.1) is 7.11 Å². The van der Waals surface area contributed by atoms with Gasteiger partial charge < -0.3 is 4.74 Å². The molecule has 2 aromatic heterocycles. The molecule has 0 saturated heterocycles. The molecular weight excluding hydrogens is 396 g/mol. The summed E-state index contributed by atoms with van der Waals surface area (Å²) in [6, 6.07) is 26.0. The lowest BCUT2D eigenvalue weighted by Crippen LogP contribution is -1.95. The number of aromatic nitrogens is 4. The van der Waals surface area contributed by atoms with Crippen molar-refractivity contribution in [2.75, 3.05) is 7.11 Å². The van der Waals surface area contributed by atoms with Crippen molar-refractivity contribution in [2.24, 2.45) is 0 Å². The third kappa shape index (κ3) is 4.09. The van der Waals surface area contributed by atoms with E-state index in [9.17, 15) is 0 Å². The third-order valence-corrected chi connectivity index (χ3v) is 5.18. The molecule has 0 amide bonds. The van der Waals surface area contributed by atoms with Gasteiger partial charge in [0.15, 0.2) is 11.6 Å². The van der Waals surface area contributed by atoms with Gasteiger partial charge in [-0.1, -0.05) is 60.7 Å². The molecule has 0 aliphatic rings. The number of nitrogens with zero attached hydrogens (tertiary/aromatic N) is 4. The molecule has 0 unspecified atom stereocenters. The maximum absolute atomic E-state index is 5.51. The molecule has 5 rings (SSSR count). The number of rotatable bonds is 5. The van der Waals surface area contributed by atoms with E-state index in [0.717, 1.165) is 33.4 Å². The van der Waals surface area contributed by atoms with Gasteiger partial charge in [0, 0.05) is 47.0 Å². The van der Waals surface area contributed by atoms with Crippen LogP contribution in [-0.4, -0.2) is 27.0 Å². The fourth-order valence-electron chi connectivity index (χ4n) is 3.49. The van der Waals surface area contributed by atoms with E-state index in [-0.39, 0.29) is 0 Å². The number of hydrogen-bond donors (Lipinski definition) is 0. The van der Waals surface area contributed by atoms with Gasteiger partial charge in [-0.3, -0.25) is 0 Å². The Kier molecular flexibility index (Phi) is 5.37. The minimum atomic E-state index is 0.616. The lowest BCUT2D eigenvalue weighted by Gasteiger charge is -2.09. The highest BCUT2D eigenvalue weighted by Gasteiger charge is 2.11. The van der Waals surface area contributed by atoms with E-state index in [1.54, 1.807) is 7.11 Å². The number of methoxy groups -OCH3 is 1. The van der Waals surface area contributed by atoms with Crippen molar-refractivity contribution in [3.63, 3.8) is 0 Å². The molecule has 0 fully saturated rings. The highest BCUT2D eigenvalue weighted by Crippen LogP contribution is 2.29. The van der Waals surface area contributed by atoms with Crippen LogP contribution >= 0.6 is 0 Å². The molecule has 0 saturated carbocycles. The zero-order valence-corrected chi connectivity index (χ0v) is 17.5. The smallest absolute Gasteiger partial charge is 0.159 e. The quantitative estimate of drug-likeness (QED) is 0.355. The Labute approximate surface area is 186 Å². The average Bonchev–Trinajstić information content (AvgIpc) is 2.89. The van der Waals surface area contributed by atoms with Crippen LogP contribution in [0.25, 0.3) is 45.0 Å². The van der Waals surface area contributed by atoms with E-state index in [0.29, 0.717) is 17.4 Å². The van der Waals surface area contributed by atoms with Crippen LogP contribution in [0.3, 0.4) is 0 Å². The maximum atomic E-state index is 5.51. The van der Waals surface area contributed by atoms with Gasteiger partial charge in [0.1, 0.15) is 5.75 Å². The molecule has 0 aliphatic heterocycles. The summed E-state index contributed by atoms with van der Waals surface area (Å²) in [6.45, 7) is 0. The first-order valence-corrected chi connectivity index (χ1v) is 10.2. The molecule has 154 valence electrons. The van der Waals surface area contributed by atoms with Gasteiger partial charge >= 0.3 is 0 Å².